The molecular formula is C10H6Cl3F2O4-. The molecule has 0 heterocycles. The van der Waals surface area contributed by atoms with Crippen LogP contribution in [-0.2, 0) is 4.79 Å². The first kappa shape index (κ1) is 16.1. The zero-order valence-corrected chi connectivity index (χ0v) is 11.3. The maximum Gasteiger partial charge on any atom is 0.428 e. The molecule has 0 aliphatic carbocycles. The van der Waals surface area contributed by atoms with E-state index >= 15 is 0 Å². The summed E-state index contributed by atoms with van der Waals surface area (Å²) >= 11 is 15.8. The average molecular weight is 335 g/mol. The molecule has 0 aliphatic heterocycles. The van der Waals surface area contributed by atoms with Gasteiger partial charge < -0.3 is 19.4 Å². The normalized spacial score (nSPS) is 11.5. The minimum Gasteiger partial charge on any atom is -0.546 e. The quantitative estimate of drug-likeness (QED) is 0.749. The van der Waals surface area contributed by atoms with E-state index in [9.17, 15) is 18.7 Å². The van der Waals surface area contributed by atoms with Crippen molar-refractivity contribution in [1.82, 2.24) is 0 Å². The van der Waals surface area contributed by atoms with Gasteiger partial charge in [0.25, 0.3) is 0 Å². The van der Waals surface area contributed by atoms with Crippen molar-refractivity contribution in [3.63, 3.8) is 0 Å². The Morgan fingerprint density at radius 3 is 2.58 bits per heavy atom. The van der Waals surface area contributed by atoms with Gasteiger partial charge in [-0.05, 0) is 12.1 Å². The van der Waals surface area contributed by atoms with E-state index < -0.39 is 23.5 Å². The lowest BCUT2D eigenvalue weighted by Crippen LogP contribution is -2.32. The van der Waals surface area contributed by atoms with E-state index in [2.05, 4.69) is 4.74 Å². The van der Waals surface area contributed by atoms with Crippen LogP contribution in [0.5, 0.6) is 11.5 Å². The molecule has 0 unspecified atom stereocenters. The average Bonchev–Trinajstić information content (AvgIpc) is 2.29. The Bertz CT molecular complexity index is 468. The van der Waals surface area contributed by atoms with Crippen molar-refractivity contribution >= 4 is 40.8 Å². The summed E-state index contributed by atoms with van der Waals surface area (Å²) in [6.07, 6.45) is -3.82. The van der Waals surface area contributed by atoms with Gasteiger partial charge in [-0.2, -0.15) is 8.78 Å². The number of carbonyl (C=O) groups excluding carboxylic acids is 1. The molecule has 0 aromatic heterocycles. The Balaban J connectivity index is 2.87. The van der Waals surface area contributed by atoms with Crippen LogP contribution in [-0.4, -0.2) is 23.5 Å². The number of halogens is 5. The molecule has 1 aromatic carbocycles. The molecule has 0 N–H and O–H groups in total. The minimum atomic E-state index is -3.82. The standard InChI is InChI=1S/C10H7Cl3F2O4/c11-6-2-1-5(19-10(14,15)9(12)13)3-7(6)18-4-8(16)17/h1-3,9H,4H2,(H,16,17)/p-1. The molecule has 0 spiro atoms. The largest absolute Gasteiger partial charge is 0.546 e. The Hall–Kier alpha value is -0.980. The third kappa shape index (κ3) is 4.89. The minimum absolute atomic E-state index is 0.0187. The van der Waals surface area contributed by atoms with Gasteiger partial charge in [-0.3, -0.25) is 0 Å². The smallest absolute Gasteiger partial charge is 0.428 e. The van der Waals surface area contributed by atoms with E-state index in [1.165, 1.54) is 6.07 Å². The highest BCUT2D eigenvalue weighted by Gasteiger charge is 2.40. The summed E-state index contributed by atoms with van der Waals surface area (Å²) in [5.74, 6) is -1.98. The van der Waals surface area contributed by atoms with Gasteiger partial charge >= 0.3 is 6.11 Å². The topological polar surface area (TPSA) is 58.6 Å². The Morgan fingerprint density at radius 1 is 1.42 bits per heavy atom. The molecule has 1 rings (SSSR count). The highest BCUT2D eigenvalue weighted by molar-refractivity contribution is 6.44. The molecule has 0 atom stereocenters. The zero-order chi connectivity index (χ0) is 14.6. The number of aliphatic carboxylic acids is 1. The second kappa shape index (κ2) is 6.45. The van der Waals surface area contributed by atoms with E-state index in [0.717, 1.165) is 12.1 Å². The molecular weight excluding hydrogens is 328 g/mol. The number of hydrogen-bond donors (Lipinski definition) is 0. The summed E-state index contributed by atoms with van der Waals surface area (Å²) in [7, 11) is 0. The monoisotopic (exact) mass is 333 g/mol. The summed E-state index contributed by atoms with van der Waals surface area (Å²) in [6.45, 7) is -0.785. The maximum atomic E-state index is 13.1. The summed E-state index contributed by atoms with van der Waals surface area (Å²) in [5.41, 5.74) is 0. The number of carbonyl (C=O) groups is 1. The summed E-state index contributed by atoms with van der Waals surface area (Å²) in [4.78, 5) is 8.15. The third-order valence-corrected chi connectivity index (χ3v) is 2.58. The molecule has 19 heavy (non-hydrogen) atoms. The Morgan fingerprint density at radius 2 is 2.05 bits per heavy atom. The molecule has 1 aromatic rings. The predicted octanol–water partition coefficient (Wildman–Crippen LogP) is 2.24. The van der Waals surface area contributed by atoms with Crippen LogP contribution in [0.25, 0.3) is 0 Å². The van der Waals surface area contributed by atoms with Crippen LogP contribution >= 0.6 is 34.8 Å². The zero-order valence-electron chi connectivity index (χ0n) is 9.04. The van der Waals surface area contributed by atoms with Crippen molar-refractivity contribution in [3.05, 3.63) is 23.2 Å². The number of ether oxygens (including phenoxy) is 2. The van der Waals surface area contributed by atoms with Crippen LogP contribution in [0, 0.1) is 0 Å². The molecule has 0 amide bonds. The molecule has 0 saturated carbocycles. The third-order valence-electron chi connectivity index (χ3n) is 1.76. The van der Waals surface area contributed by atoms with Crippen LogP contribution in [0.3, 0.4) is 0 Å². The molecule has 106 valence electrons. The van der Waals surface area contributed by atoms with Gasteiger partial charge in [-0.25, -0.2) is 0 Å². The van der Waals surface area contributed by atoms with Crippen LogP contribution in [0.15, 0.2) is 18.2 Å². The van der Waals surface area contributed by atoms with Crippen molar-refractivity contribution in [2.24, 2.45) is 0 Å². The SMILES string of the molecule is O=C([O-])COc1cc(OC(F)(F)C(Cl)Cl)ccc1Cl. The summed E-state index contributed by atoms with van der Waals surface area (Å²) < 4.78 is 35.2. The van der Waals surface area contributed by atoms with Gasteiger partial charge in [0.05, 0.1) is 11.0 Å². The first-order chi connectivity index (χ1) is 8.72. The van der Waals surface area contributed by atoms with E-state index in [4.69, 9.17) is 39.5 Å². The second-order valence-electron chi connectivity index (χ2n) is 3.22. The lowest BCUT2D eigenvalue weighted by molar-refractivity contribution is -0.307. The van der Waals surface area contributed by atoms with Crippen LogP contribution in [0.2, 0.25) is 5.02 Å². The lowest BCUT2D eigenvalue weighted by atomic mass is 10.3. The number of benzene rings is 1. The van der Waals surface area contributed by atoms with Gasteiger partial charge in [0.15, 0.2) is 0 Å². The Labute approximate surface area is 121 Å². The fourth-order valence-electron chi connectivity index (χ4n) is 0.996. The lowest BCUT2D eigenvalue weighted by Gasteiger charge is -2.19. The van der Waals surface area contributed by atoms with E-state index in [0.29, 0.717) is 0 Å². The molecule has 4 nitrogen and oxygen atoms in total. The number of carboxylic acids is 1. The van der Waals surface area contributed by atoms with Gasteiger partial charge in [0, 0.05) is 6.07 Å². The summed E-state index contributed by atoms with van der Waals surface area (Å²) in [6, 6.07) is 3.29. The summed E-state index contributed by atoms with van der Waals surface area (Å²) in [5, 5.41) is 10.2. The highest BCUT2D eigenvalue weighted by Crippen LogP contribution is 2.34. The maximum absolute atomic E-state index is 13.1. The molecule has 0 radical (unpaired) electrons. The first-order valence-electron chi connectivity index (χ1n) is 4.69. The number of hydrogen-bond acceptors (Lipinski definition) is 4. The van der Waals surface area contributed by atoms with E-state index in [-0.39, 0.29) is 16.5 Å². The predicted molar refractivity (Wildman–Crippen MR) is 63.0 cm³/mol. The van der Waals surface area contributed by atoms with Gasteiger partial charge in [0.1, 0.15) is 18.1 Å². The first-order valence-corrected chi connectivity index (χ1v) is 5.94. The fraction of sp³-hybridized carbons (Fsp3) is 0.300. The van der Waals surface area contributed by atoms with Crippen molar-refractivity contribution in [3.8, 4) is 11.5 Å². The fourth-order valence-corrected chi connectivity index (χ4v) is 1.26. The van der Waals surface area contributed by atoms with Crippen LogP contribution in [0.1, 0.15) is 0 Å². The van der Waals surface area contributed by atoms with E-state index in [1.807, 2.05) is 0 Å². The molecule has 9 heteroatoms. The molecule has 0 aliphatic rings. The molecule has 0 fully saturated rings. The Kier molecular flexibility index (Phi) is 5.46. The van der Waals surface area contributed by atoms with Gasteiger partial charge in [0.2, 0.25) is 4.84 Å². The number of alkyl halides is 4. The van der Waals surface area contributed by atoms with Crippen molar-refractivity contribution in [2.75, 3.05) is 6.61 Å². The van der Waals surface area contributed by atoms with Crippen molar-refractivity contribution in [1.29, 1.82) is 0 Å². The van der Waals surface area contributed by atoms with Crippen LogP contribution < -0.4 is 14.6 Å². The molecule has 0 saturated heterocycles. The van der Waals surface area contributed by atoms with Crippen molar-refractivity contribution in [2.45, 2.75) is 10.9 Å². The number of rotatable bonds is 6. The highest BCUT2D eigenvalue weighted by atomic mass is 35.5. The van der Waals surface area contributed by atoms with Crippen molar-refractivity contribution < 1.29 is 28.2 Å². The number of carboxylic acid groups (broad SMARTS) is 1. The van der Waals surface area contributed by atoms with E-state index in [1.54, 1.807) is 0 Å². The van der Waals surface area contributed by atoms with Crippen LogP contribution in [0.4, 0.5) is 8.78 Å². The second-order valence-corrected chi connectivity index (χ2v) is 4.72. The van der Waals surface area contributed by atoms with Gasteiger partial charge in [-0.15, -0.1) is 0 Å². The van der Waals surface area contributed by atoms with Gasteiger partial charge in [-0.1, -0.05) is 34.8 Å². The molecule has 0 bridgehead atoms.